The van der Waals surface area contributed by atoms with E-state index in [2.05, 4.69) is 37.9 Å². The summed E-state index contributed by atoms with van der Waals surface area (Å²) in [5.41, 5.74) is -0.450. The molecule has 2 amide bonds. The molecule has 2 heterocycles. The Balaban J connectivity index is 1.32. The number of carbonyl (C=O) groups excluding carboxylic acids is 2. The lowest BCUT2D eigenvalue weighted by atomic mass is 9.96. The van der Waals surface area contributed by atoms with Gasteiger partial charge < -0.3 is 25.6 Å². The van der Waals surface area contributed by atoms with Crippen LogP contribution in [0, 0.1) is 11.3 Å². The molecular weight excluding hydrogens is 549 g/mol. The fourth-order valence-corrected chi connectivity index (χ4v) is 6.34. The van der Waals surface area contributed by atoms with E-state index in [1.54, 1.807) is 24.3 Å². The first-order chi connectivity index (χ1) is 20.0. The van der Waals surface area contributed by atoms with Crippen LogP contribution in [0.15, 0.2) is 30.5 Å². The van der Waals surface area contributed by atoms with Crippen LogP contribution in [0.3, 0.4) is 0 Å². The molecule has 3 atom stereocenters. The second-order valence-electron chi connectivity index (χ2n) is 11.6. The molecule has 5 rings (SSSR count). The highest BCUT2D eigenvalue weighted by Crippen LogP contribution is 2.63. The van der Waals surface area contributed by atoms with E-state index in [0.717, 1.165) is 57.8 Å². The van der Waals surface area contributed by atoms with Crippen molar-refractivity contribution in [1.29, 1.82) is 0 Å². The number of hydrogen-bond acceptors (Lipinski definition) is 7. The number of anilines is 2. The quantitative estimate of drug-likeness (QED) is 0.409. The van der Waals surface area contributed by atoms with Crippen LogP contribution in [0.2, 0.25) is 0 Å². The Morgan fingerprint density at radius 3 is 2.62 bits per heavy atom. The number of piperidine rings is 1. The van der Waals surface area contributed by atoms with E-state index in [-0.39, 0.29) is 46.9 Å². The summed E-state index contributed by atoms with van der Waals surface area (Å²) in [5.74, 6) is 0.0537. The number of nitrogens with zero attached hydrogens (tertiary/aromatic N) is 3. The predicted octanol–water partition coefficient (Wildman–Crippen LogP) is 4.78. The van der Waals surface area contributed by atoms with E-state index in [1.165, 1.54) is 20.1 Å². The molecule has 12 heteroatoms. The minimum absolute atomic E-state index is 0.0352. The Hall–Kier alpha value is -3.67. The Morgan fingerprint density at radius 2 is 1.93 bits per heavy atom. The lowest BCUT2D eigenvalue weighted by Gasteiger charge is -2.29. The first kappa shape index (κ1) is 29.8. The van der Waals surface area contributed by atoms with Gasteiger partial charge in [0.1, 0.15) is 5.75 Å². The third-order valence-corrected chi connectivity index (χ3v) is 8.76. The van der Waals surface area contributed by atoms with Gasteiger partial charge in [-0.05, 0) is 87.8 Å². The standard InChI is InChI=1S/C30H37F3N6O3/c1-18(40)35-26-5-4-12-29(26)16-20(29)7-9-23-22(30(31,32)33)17-34-28(37-23)38-24-8-6-19(15-25(24)42-3)27(41)36-21-10-13-39(2)14-11-21/h6-9,15,17,20-21,26H,4-5,10-14,16H2,1-3H3,(H,35,40)(H,36,41)(H,34,37,38)/b9-7+/t20-,26?,29+/m1/s1. The van der Waals surface area contributed by atoms with E-state index >= 15 is 0 Å². The molecule has 1 saturated heterocycles. The molecule has 2 saturated carbocycles. The molecular formula is C30H37F3N6O3. The van der Waals surface area contributed by atoms with E-state index in [9.17, 15) is 22.8 Å². The summed E-state index contributed by atoms with van der Waals surface area (Å²) in [6, 6.07) is 4.96. The zero-order chi connectivity index (χ0) is 30.1. The van der Waals surface area contributed by atoms with Gasteiger partial charge in [-0.15, -0.1) is 0 Å². The summed E-state index contributed by atoms with van der Waals surface area (Å²) in [5, 5.41) is 9.01. The van der Waals surface area contributed by atoms with Crippen molar-refractivity contribution >= 4 is 29.5 Å². The summed E-state index contributed by atoms with van der Waals surface area (Å²) in [6.45, 7) is 3.32. The van der Waals surface area contributed by atoms with E-state index < -0.39 is 11.7 Å². The van der Waals surface area contributed by atoms with Crippen molar-refractivity contribution in [3.8, 4) is 5.75 Å². The topological polar surface area (TPSA) is 108 Å². The summed E-state index contributed by atoms with van der Waals surface area (Å²) in [7, 11) is 3.50. The number of ether oxygens (including phenoxy) is 1. The second-order valence-corrected chi connectivity index (χ2v) is 11.6. The number of likely N-dealkylation sites (tertiary alicyclic amines) is 1. The smallest absolute Gasteiger partial charge is 0.419 e. The fraction of sp³-hybridized carbons (Fsp3) is 0.533. The first-order valence-corrected chi connectivity index (χ1v) is 14.3. The minimum Gasteiger partial charge on any atom is -0.495 e. The Bertz CT molecular complexity index is 1360. The summed E-state index contributed by atoms with van der Waals surface area (Å²) >= 11 is 0. The highest BCUT2D eigenvalue weighted by molar-refractivity contribution is 5.95. The molecule has 9 nitrogen and oxygen atoms in total. The van der Waals surface area contributed by atoms with Gasteiger partial charge in [-0.25, -0.2) is 9.97 Å². The highest BCUT2D eigenvalue weighted by Gasteiger charge is 2.59. The monoisotopic (exact) mass is 586 g/mol. The van der Waals surface area contributed by atoms with Gasteiger partial charge in [0.15, 0.2) is 0 Å². The maximum atomic E-state index is 13.8. The number of benzene rings is 1. The lowest BCUT2D eigenvalue weighted by molar-refractivity contribution is -0.138. The van der Waals surface area contributed by atoms with Crippen LogP contribution < -0.4 is 20.7 Å². The SMILES string of the molecule is COc1cc(C(=O)NC2CCN(C)CC2)ccc1Nc1ncc(C(F)(F)F)c(/C=C/[C@@H]2C[C@@]23CCCC3NC(C)=O)n1. The van der Waals surface area contributed by atoms with Gasteiger partial charge in [0.2, 0.25) is 11.9 Å². The van der Waals surface area contributed by atoms with Gasteiger partial charge in [0, 0.05) is 30.8 Å². The second kappa shape index (κ2) is 11.9. The summed E-state index contributed by atoms with van der Waals surface area (Å²) in [6.07, 6.45) is 4.67. The minimum atomic E-state index is -4.63. The molecule has 1 aliphatic heterocycles. The predicted molar refractivity (Wildman–Crippen MR) is 152 cm³/mol. The molecule has 42 heavy (non-hydrogen) atoms. The molecule has 3 fully saturated rings. The number of hydrogen-bond donors (Lipinski definition) is 3. The van der Waals surface area contributed by atoms with E-state index in [4.69, 9.17) is 4.74 Å². The number of aromatic nitrogens is 2. The first-order valence-electron chi connectivity index (χ1n) is 14.3. The van der Waals surface area contributed by atoms with E-state index in [1.807, 2.05) is 0 Å². The molecule has 2 aromatic rings. The van der Waals surface area contributed by atoms with Crippen LogP contribution in [-0.4, -0.2) is 66.0 Å². The number of nitrogens with one attached hydrogen (secondary N) is 3. The van der Waals surface area contributed by atoms with E-state index in [0.29, 0.717) is 17.0 Å². The maximum Gasteiger partial charge on any atom is 0.419 e. The van der Waals surface area contributed by atoms with Gasteiger partial charge in [-0.2, -0.15) is 13.2 Å². The Kier molecular flexibility index (Phi) is 8.45. The Morgan fingerprint density at radius 1 is 1.17 bits per heavy atom. The number of rotatable bonds is 8. The van der Waals surface area contributed by atoms with Crippen LogP contribution in [0.4, 0.5) is 24.8 Å². The number of alkyl halides is 3. The summed E-state index contributed by atoms with van der Waals surface area (Å²) < 4.78 is 47.0. The van der Waals surface area contributed by atoms with Gasteiger partial charge in [0.05, 0.1) is 24.1 Å². The van der Waals surface area contributed by atoms with Crippen LogP contribution in [0.5, 0.6) is 5.75 Å². The number of allylic oxidation sites excluding steroid dienone is 1. The third kappa shape index (κ3) is 6.53. The molecule has 0 radical (unpaired) electrons. The number of carbonyl (C=O) groups is 2. The van der Waals surface area contributed by atoms with Crippen molar-refractivity contribution in [2.45, 2.75) is 63.7 Å². The highest BCUT2D eigenvalue weighted by atomic mass is 19.4. The van der Waals surface area contributed by atoms with Gasteiger partial charge in [-0.1, -0.05) is 12.5 Å². The number of halogens is 3. The van der Waals surface area contributed by atoms with Crippen LogP contribution in [-0.2, 0) is 11.0 Å². The van der Waals surface area contributed by atoms with Crippen molar-refractivity contribution in [3.63, 3.8) is 0 Å². The maximum absolute atomic E-state index is 13.8. The molecule has 2 aliphatic carbocycles. The van der Waals surface area contributed by atoms with Gasteiger partial charge in [-0.3, -0.25) is 9.59 Å². The van der Waals surface area contributed by atoms with Crippen molar-refractivity contribution in [2.24, 2.45) is 11.3 Å². The fourth-order valence-electron chi connectivity index (χ4n) is 6.34. The zero-order valence-electron chi connectivity index (χ0n) is 24.1. The molecule has 0 bridgehead atoms. The van der Waals surface area contributed by atoms with Crippen molar-refractivity contribution < 1.29 is 27.5 Å². The number of amides is 2. The van der Waals surface area contributed by atoms with Gasteiger partial charge >= 0.3 is 6.18 Å². The molecule has 226 valence electrons. The molecule has 1 aromatic heterocycles. The molecule has 1 unspecified atom stereocenters. The molecule has 1 aromatic carbocycles. The van der Waals surface area contributed by atoms with Crippen LogP contribution in [0.25, 0.3) is 6.08 Å². The number of methoxy groups -OCH3 is 1. The normalized spacial score (nSPS) is 24.6. The van der Waals surface area contributed by atoms with Crippen molar-refractivity contribution in [1.82, 2.24) is 25.5 Å². The van der Waals surface area contributed by atoms with Crippen molar-refractivity contribution in [3.05, 3.63) is 47.3 Å². The van der Waals surface area contributed by atoms with Crippen LogP contribution >= 0.6 is 0 Å². The van der Waals surface area contributed by atoms with Gasteiger partial charge in [0.25, 0.3) is 5.91 Å². The van der Waals surface area contributed by atoms with Crippen LogP contribution in [0.1, 0.15) is 67.1 Å². The largest absolute Gasteiger partial charge is 0.495 e. The molecule has 3 N–H and O–H groups in total. The third-order valence-electron chi connectivity index (χ3n) is 8.76. The van der Waals surface area contributed by atoms with Crippen molar-refractivity contribution in [2.75, 3.05) is 32.6 Å². The molecule has 1 spiro atoms. The lowest BCUT2D eigenvalue weighted by Crippen LogP contribution is -2.43. The average molecular weight is 587 g/mol. The zero-order valence-corrected chi connectivity index (χ0v) is 24.1. The summed E-state index contributed by atoms with van der Waals surface area (Å²) in [4.78, 5) is 34.8. The Labute approximate surface area is 243 Å². The molecule has 3 aliphatic rings. The average Bonchev–Trinajstić information content (AvgIpc) is 3.51.